The van der Waals surface area contributed by atoms with Crippen LogP contribution in [0.3, 0.4) is 0 Å². The van der Waals surface area contributed by atoms with E-state index in [9.17, 15) is 14.9 Å². The number of carbonyl (C=O) groups is 2. The summed E-state index contributed by atoms with van der Waals surface area (Å²) < 4.78 is 10.6. The molecule has 4 unspecified atom stereocenters. The minimum Gasteiger partial charge on any atom is -0.497 e. The van der Waals surface area contributed by atoms with Gasteiger partial charge in [-0.1, -0.05) is 54.1 Å². The summed E-state index contributed by atoms with van der Waals surface area (Å²) in [4.78, 5) is 29.7. The molecule has 0 radical (unpaired) electrons. The van der Waals surface area contributed by atoms with Crippen LogP contribution in [0.25, 0.3) is 6.08 Å². The number of ether oxygens (including phenoxy) is 2. The van der Waals surface area contributed by atoms with Crippen molar-refractivity contribution in [2.75, 3.05) is 19.1 Å². The number of nitrogens with zero attached hydrogens (tertiary/aromatic N) is 2. The van der Waals surface area contributed by atoms with Crippen LogP contribution < -0.4 is 9.64 Å². The average Bonchev–Trinajstić information content (AvgIpc) is 3.24. The van der Waals surface area contributed by atoms with Gasteiger partial charge in [0.1, 0.15) is 11.8 Å². The molecule has 6 nitrogen and oxygen atoms in total. The number of carbonyl (C=O) groups excluding carboxylic acids is 2. The second-order valence-electron chi connectivity index (χ2n) is 8.81. The van der Waals surface area contributed by atoms with Gasteiger partial charge in [-0.2, -0.15) is 5.26 Å². The summed E-state index contributed by atoms with van der Waals surface area (Å²) in [6.07, 6.45) is 3.72. The Kier molecular flexibility index (Phi) is 6.03. The fourth-order valence-corrected chi connectivity index (χ4v) is 5.63. The molecule has 0 saturated carbocycles. The van der Waals surface area contributed by atoms with E-state index < -0.39 is 29.4 Å². The third kappa shape index (κ3) is 3.47. The van der Waals surface area contributed by atoms with E-state index in [2.05, 4.69) is 6.07 Å². The number of esters is 1. The van der Waals surface area contributed by atoms with Crippen molar-refractivity contribution in [3.8, 4) is 11.8 Å². The van der Waals surface area contributed by atoms with Gasteiger partial charge in [0.2, 0.25) is 0 Å². The average molecular weight is 499 g/mol. The van der Waals surface area contributed by atoms with E-state index in [1.807, 2.05) is 41.3 Å². The van der Waals surface area contributed by atoms with Crippen LogP contribution in [0.1, 0.15) is 27.4 Å². The fraction of sp³-hybridized carbons (Fsp3) is 0.207. The fourth-order valence-electron chi connectivity index (χ4n) is 5.51. The summed E-state index contributed by atoms with van der Waals surface area (Å²) >= 11 is 6.09. The topological polar surface area (TPSA) is 79.6 Å². The number of ketones is 1. The molecule has 4 atom stereocenters. The van der Waals surface area contributed by atoms with Crippen molar-refractivity contribution >= 4 is 35.1 Å². The second kappa shape index (κ2) is 9.18. The van der Waals surface area contributed by atoms with Crippen molar-refractivity contribution in [2.45, 2.75) is 18.0 Å². The van der Waals surface area contributed by atoms with Gasteiger partial charge >= 0.3 is 5.97 Å². The molecule has 2 aliphatic rings. The number of para-hydroxylation sites is 1. The molecule has 180 valence electrons. The summed E-state index contributed by atoms with van der Waals surface area (Å²) in [6.45, 7) is 0. The van der Waals surface area contributed by atoms with Crippen molar-refractivity contribution in [1.82, 2.24) is 0 Å². The van der Waals surface area contributed by atoms with E-state index in [1.165, 1.54) is 7.11 Å². The molecule has 1 fully saturated rings. The molecule has 0 bridgehead atoms. The minimum absolute atomic E-state index is 0.219. The van der Waals surface area contributed by atoms with Crippen LogP contribution in [-0.2, 0) is 9.53 Å². The van der Waals surface area contributed by atoms with Gasteiger partial charge in [-0.15, -0.1) is 0 Å². The molecule has 0 spiro atoms. The smallest absolute Gasteiger partial charge is 0.329 e. The van der Waals surface area contributed by atoms with Gasteiger partial charge in [-0.25, -0.2) is 0 Å². The first-order valence-electron chi connectivity index (χ1n) is 11.4. The van der Waals surface area contributed by atoms with Gasteiger partial charge in [-0.05, 0) is 53.6 Å². The van der Waals surface area contributed by atoms with Crippen molar-refractivity contribution in [3.05, 3.63) is 101 Å². The van der Waals surface area contributed by atoms with Crippen LogP contribution in [-0.4, -0.2) is 38.1 Å². The Labute approximate surface area is 214 Å². The molecule has 7 heteroatoms. The van der Waals surface area contributed by atoms with Crippen LogP contribution in [0.4, 0.5) is 5.69 Å². The van der Waals surface area contributed by atoms with Crippen LogP contribution in [0.15, 0.2) is 78.9 Å². The Morgan fingerprint density at radius 1 is 1.00 bits per heavy atom. The van der Waals surface area contributed by atoms with Gasteiger partial charge < -0.3 is 14.4 Å². The third-order valence-corrected chi connectivity index (χ3v) is 7.38. The van der Waals surface area contributed by atoms with E-state index in [0.29, 0.717) is 21.9 Å². The number of rotatable bonds is 5. The molecular weight excluding hydrogens is 476 g/mol. The zero-order valence-corrected chi connectivity index (χ0v) is 20.5. The number of fused-ring (bicyclic) bond motifs is 3. The first-order valence-corrected chi connectivity index (χ1v) is 11.8. The summed E-state index contributed by atoms with van der Waals surface area (Å²) in [5.41, 5.74) is 1.09. The highest BCUT2D eigenvalue weighted by Crippen LogP contribution is 2.56. The van der Waals surface area contributed by atoms with E-state index in [0.717, 1.165) is 11.3 Å². The standard InChI is InChI=1S/C29H23ClN2O4/c1-35-22-14-9-19(10-15-22)25-26(27(33)20-7-12-21(30)13-8-20)32-23-6-4-3-5-18(23)11-16-24(32)29(25,17-31)28(34)36-2/h3-16,24-26H,1-2H3. The number of methoxy groups -OCH3 is 2. The first kappa shape index (κ1) is 23.7. The second-order valence-corrected chi connectivity index (χ2v) is 9.25. The molecule has 36 heavy (non-hydrogen) atoms. The Morgan fingerprint density at radius 2 is 1.69 bits per heavy atom. The number of benzene rings is 3. The van der Waals surface area contributed by atoms with Crippen LogP contribution >= 0.6 is 11.6 Å². The maximum absolute atomic E-state index is 14.2. The number of nitriles is 1. The summed E-state index contributed by atoms with van der Waals surface area (Å²) in [7, 11) is 2.83. The van der Waals surface area contributed by atoms with Crippen LogP contribution in [0, 0.1) is 16.7 Å². The molecular formula is C29H23ClN2O4. The lowest BCUT2D eigenvalue weighted by atomic mass is 9.68. The number of halogens is 1. The van der Waals surface area contributed by atoms with Gasteiger partial charge in [-0.3, -0.25) is 9.59 Å². The first-order chi connectivity index (χ1) is 17.5. The van der Waals surface area contributed by atoms with Crippen LogP contribution in [0.2, 0.25) is 5.02 Å². The van der Waals surface area contributed by atoms with E-state index >= 15 is 0 Å². The van der Waals surface area contributed by atoms with Gasteiger partial charge in [0.25, 0.3) is 0 Å². The highest BCUT2D eigenvalue weighted by molar-refractivity contribution is 6.30. The van der Waals surface area contributed by atoms with Gasteiger partial charge in [0.15, 0.2) is 11.2 Å². The molecule has 0 N–H and O–H groups in total. The van der Waals surface area contributed by atoms with Crippen molar-refractivity contribution in [1.29, 1.82) is 5.26 Å². The SMILES string of the molecule is COC(=O)C1(C#N)C(c2ccc(OC)cc2)C(C(=O)c2ccc(Cl)cc2)N2c3ccccc3C=CC21. The minimum atomic E-state index is -1.68. The lowest BCUT2D eigenvalue weighted by Gasteiger charge is -2.36. The lowest BCUT2D eigenvalue weighted by Crippen LogP contribution is -2.46. The van der Waals surface area contributed by atoms with Gasteiger partial charge in [0.05, 0.1) is 26.3 Å². The quantitative estimate of drug-likeness (QED) is 0.351. The molecule has 3 aromatic carbocycles. The molecule has 0 amide bonds. The number of Topliss-reactive ketones (excluding diaryl/α,β-unsaturated/α-hetero) is 1. The largest absolute Gasteiger partial charge is 0.497 e. The zero-order chi connectivity index (χ0) is 25.4. The Bertz CT molecular complexity index is 1390. The molecule has 5 rings (SSSR count). The summed E-state index contributed by atoms with van der Waals surface area (Å²) in [6, 6.07) is 22.1. The predicted octanol–water partition coefficient (Wildman–Crippen LogP) is 5.28. The van der Waals surface area contributed by atoms with Crippen molar-refractivity contribution in [2.24, 2.45) is 5.41 Å². The maximum Gasteiger partial charge on any atom is 0.329 e. The van der Waals surface area contributed by atoms with Crippen LogP contribution in [0.5, 0.6) is 5.75 Å². The lowest BCUT2D eigenvalue weighted by molar-refractivity contribution is -0.150. The Balaban J connectivity index is 1.79. The summed E-state index contributed by atoms with van der Waals surface area (Å²) in [5.74, 6) is -1.11. The molecule has 0 aromatic heterocycles. The van der Waals surface area contributed by atoms with E-state index in [4.69, 9.17) is 21.1 Å². The summed E-state index contributed by atoms with van der Waals surface area (Å²) in [5, 5.41) is 11.2. The zero-order valence-electron chi connectivity index (χ0n) is 19.7. The molecule has 1 saturated heterocycles. The third-order valence-electron chi connectivity index (χ3n) is 7.13. The maximum atomic E-state index is 14.2. The Hall–Kier alpha value is -4.08. The molecule has 3 aromatic rings. The number of hydrogen-bond donors (Lipinski definition) is 0. The Morgan fingerprint density at radius 3 is 2.33 bits per heavy atom. The monoisotopic (exact) mass is 498 g/mol. The highest BCUT2D eigenvalue weighted by Gasteiger charge is 2.67. The van der Waals surface area contributed by atoms with E-state index in [1.54, 1.807) is 55.6 Å². The van der Waals surface area contributed by atoms with Crippen molar-refractivity contribution in [3.63, 3.8) is 0 Å². The number of anilines is 1. The highest BCUT2D eigenvalue weighted by atomic mass is 35.5. The van der Waals surface area contributed by atoms with Gasteiger partial charge in [0, 0.05) is 22.2 Å². The molecule has 0 aliphatic carbocycles. The normalized spacial score (nSPS) is 23.8. The van der Waals surface area contributed by atoms with Crippen molar-refractivity contribution < 1.29 is 19.1 Å². The molecule has 2 aliphatic heterocycles. The number of hydrogen-bond acceptors (Lipinski definition) is 6. The predicted molar refractivity (Wildman–Crippen MR) is 137 cm³/mol. The molecule has 2 heterocycles. The van der Waals surface area contributed by atoms with E-state index in [-0.39, 0.29) is 5.78 Å².